The first-order valence-electron chi connectivity index (χ1n) is 2.99. The first-order valence-corrected chi connectivity index (χ1v) is 3.87. The summed E-state index contributed by atoms with van der Waals surface area (Å²) in [6, 6.07) is 1.72. The lowest BCUT2D eigenvalue weighted by Crippen LogP contribution is -2.26. The number of fused-ring (bicyclic) bond motifs is 1. The Bertz CT molecular complexity index is 444. The van der Waals surface area contributed by atoms with E-state index in [4.69, 9.17) is 5.84 Å². The zero-order valence-electron chi connectivity index (χ0n) is 5.52. The molecule has 56 valence electrons. The minimum Gasteiger partial charge on any atom is -0.335 e. The molecule has 5 heteroatoms. The van der Waals surface area contributed by atoms with Crippen LogP contribution in [0.15, 0.2) is 22.6 Å². The van der Waals surface area contributed by atoms with Gasteiger partial charge in [-0.2, -0.15) is 0 Å². The molecule has 0 amide bonds. The molecule has 2 N–H and O–H groups in total. The molecule has 0 aliphatic rings. The average molecular weight is 167 g/mol. The number of rotatable bonds is 0. The van der Waals surface area contributed by atoms with Crippen LogP contribution in [0, 0.1) is 0 Å². The number of thiophene rings is 1. The molecule has 0 saturated carbocycles. The molecule has 0 radical (unpaired) electrons. The molecule has 11 heavy (non-hydrogen) atoms. The van der Waals surface area contributed by atoms with Crippen molar-refractivity contribution < 1.29 is 0 Å². The average Bonchev–Trinajstić information content (AvgIpc) is 2.45. The highest BCUT2D eigenvalue weighted by Gasteiger charge is 2.00. The van der Waals surface area contributed by atoms with Gasteiger partial charge < -0.3 is 5.84 Å². The Morgan fingerprint density at radius 2 is 2.45 bits per heavy atom. The Balaban J connectivity index is 3.05. The number of nitrogens with two attached hydrogens (primary N) is 1. The summed E-state index contributed by atoms with van der Waals surface area (Å²) in [6.45, 7) is 0. The van der Waals surface area contributed by atoms with Gasteiger partial charge in [0, 0.05) is 0 Å². The molecule has 2 rings (SSSR count). The van der Waals surface area contributed by atoms with Gasteiger partial charge in [-0.25, -0.2) is 9.66 Å². The highest BCUT2D eigenvalue weighted by molar-refractivity contribution is 7.16. The van der Waals surface area contributed by atoms with Gasteiger partial charge in [-0.1, -0.05) is 0 Å². The lowest BCUT2D eigenvalue weighted by atomic mass is 10.4. The van der Waals surface area contributed by atoms with Crippen LogP contribution in [0.25, 0.3) is 10.2 Å². The predicted octanol–water partition coefficient (Wildman–Crippen LogP) is 0.172. The second kappa shape index (κ2) is 2.06. The fourth-order valence-electron chi connectivity index (χ4n) is 0.870. The third-order valence-corrected chi connectivity index (χ3v) is 2.23. The number of nitrogen functional groups attached to an aromatic ring is 1. The van der Waals surface area contributed by atoms with E-state index >= 15 is 0 Å². The molecule has 0 aliphatic carbocycles. The summed E-state index contributed by atoms with van der Waals surface area (Å²) in [7, 11) is 0. The maximum atomic E-state index is 11.2. The molecule has 0 unspecified atom stereocenters. The van der Waals surface area contributed by atoms with Crippen molar-refractivity contribution in [1.82, 2.24) is 9.66 Å². The van der Waals surface area contributed by atoms with Crippen LogP contribution in [0.4, 0.5) is 0 Å². The van der Waals surface area contributed by atoms with Gasteiger partial charge in [0.15, 0.2) is 0 Å². The summed E-state index contributed by atoms with van der Waals surface area (Å²) in [5, 5.41) is 2.40. The van der Waals surface area contributed by atoms with E-state index in [9.17, 15) is 4.79 Å². The van der Waals surface area contributed by atoms with E-state index in [-0.39, 0.29) is 5.56 Å². The zero-order chi connectivity index (χ0) is 7.84. The second-order valence-electron chi connectivity index (χ2n) is 2.10. The van der Waals surface area contributed by atoms with Crippen molar-refractivity contribution in [3.8, 4) is 0 Å². The Morgan fingerprint density at radius 3 is 3.27 bits per heavy atom. The minimum absolute atomic E-state index is 0.198. The van der Waals surface area contributed by atoms with E-state index in [0.717, 1.165) is 9.51 Å². The molecule has 0 aliphatic heterocycles. The SMILES string of the molecule is Nn1cnc2sccc2c1=O. The van der Waals surface area contributed by atoms with E-state index in [0.29, 0.717) is 5.39 Å². The molecule has 0 saturated heterocycles. The van der Waals surface area contributed by atoms with E-state index < -0.39 is 0 Å². The second-order valence-corrected chi connectivity index (χ2v) is 2.99. The van der Waals surface area contributed by atoms with Crippen LogP contribution in [-0.2, 0) is 0 Å². The van der Waals surface area contributed by atoms with Gasteiger partial charge in [0.25, 0.3) is 5.56 Å². The fourth-order valence-corrected chi connectivity index (χ4v) is 1.59. The molecule has 2 aromatic rings. The standard InChI is InChI=1S/C6H5N3OS/c7-9-3-8-5-4(6(9)10)1-2-11-5/h1-3H,7H2. The topological polar surface area (TPSA) is 60.9 Å². The molecule has 0 spiro atoms. The summed E-state index contributed by atoms with van der Waals surface area (Å²) in [5.41, 5.74) is -0.198. The van der Waals surface area contributed by atoms with Crippen molar-refractivity contribution >= 4 is 21.6 Å². The first-order chi connectivity index (χ1) is 5.29. The third kappa shape index (κ3) is 0.813. The van der Waals surface area contributed by atoms with Gasteiger partial charge in [-0.05, 0) is 11.4 Å². The van der Waals surface area contributed by atoms with Crippen molar-refractivity contribution in [2.24, 2.45) is 0 Å². The minimum atomic E-state index is -0.198. The maximum Gasteiger partial charge on any atom is 0.280 e. The van der Waals surface area contributed by atoms with Gasteiger partial charge in [-0.15, -0.1) is 11.3 Å². The summed E-state index contributed by atoms with van der Waals surface area (Å²) in [6.07, 6.45) is 1.32. The number of aromatic nitrogens is 2. The van der Waals surface area contributed by atoms with Gasteiger partial charge in [0.1, 0.15) is 11.2 Å². The van der Waals surface area contributed by atoms with Crippen LogP contribution in [-0.4, -0.2) is 9.66 Å². The lowest BCUT2D eigenvalue weighted by Gasteiger charge is -1.93. The van der Waals surface area contributed by atoms with Gasteiger partial charge in [0.2, 0.25) is 0 Å². The van der Waals surface area contributed by atoms with Crippen LogP contribution < -0.4 is 11.4 Å². The van der Waals surface area contributed by atoms with Crippen molar-refractivity contribution in [2.45, 2.75) is 0 Å². The molecule has 4 nitrogen and oxygen atoms in total. The largest absolute Gasteiger partial charge is 0.335 e. The maximum absolute atomic E-state index is 11.2. The molecule has 0 bridgehead atoms. The van der Waals surface area contributed by atoms with Gasteiger partial charge >= 0.3 is 0 Å². The Labute approximate surface area is 65.9 Å². The Morgan fingerprint density at radius 1 is 1.64 bits per heavy atom. The molecular formula is C6H5N3OS. The lowest BCUT2D eigenvalue weighted by molar-refractivity contribution is 0.916. The molecule has 2 aromatic heterocycles. The zero-order valence-corrected chi connectivity index (χ0v) is 6.34. The number of hydrogen-bond donors (Lipinski definition) is 1. The molecule has 0 fully saturated rings. The van der Waals surface area contributed by atoms with Gasteiger partial charge in [0.05, 0.1) is 5.39 Å². The van der Waals surface area contributed by atoms with Crippen molar-refractivity contribution in [2.75, 3.05) is 5.84 Å². The van der Waals surface area contributed by atoms with Crippen LogP contribution in [0.2, 0.25) is 0 Å². The van der Waals surface area contributed by atoms with Crippen molar-refractivity contribution in [1.29, 1.82) is 0 Å². The Hall–Kier alpha value is -1.36. The van der Waals surface area contributed by atoms with E-state index in [1.165, 1.54) is 17.7 Å². The summed E-state index contributed by atoms with van der Waals surface area (Å²) >= 11 is 1.43. The van der Waals surface area contributed by atoms with Crippen molar-refractivity contribution in [3.05, 3.63) is 28.1 Å². The quantitative estimate of drug-likeness (QED) is 0.569. The van der Waals surface area contributed by atoms with Crippen LogP contribution in [0.3, 0.4) is 0 Å². The van der Waals surface area contributed by atoms with Crippen LogP contribution in [0.1, 0.15) is 0 Å². The van der Waals surface area contributed by atoms with E-state index in [2.05, 4.69) is 4.98 Å². The highest BCUT2D eigenvalue weighted by atomic mass is 32.1. The molecule has 0 atom stereocenters. The van der Waals surface area contributed by atoms with E-state index in [1.807, 2.05) is 5.38 Å². The first kappa shape index (κ1) is 6.36. The number of hydrogen-bond acceptors (Lipinski definition) is 4. The highest BCUT2D eigenvalue weighted by Crippen LogP contribution is 2.12. The third-order valence-electron chi connectivity index (χ3n) is 1.41. The van der Waals surface area contributed by atoms with Gasteiger partial charge in [-0.3, -0.25) is 4.79 Å². The van der Waals surface area contributed by atoms with E-state index in [1.54, 1.807) is 6.07 Å². The smallest absolute Gasteiger partial charge is 0.280 e. The monoisotopic (exact) mass is 167 g/mol. The van der Waals surface area contributed by atoms with Crippen molar-refractivity contribution in [3.63, 3.8) is 0 Å². The normalized spacial score (nSPS) is 10.5. The molecular weight excluding hydrogens is 162 g/mol. The van der Waals surface area contributed by atoms with Crippen LogP contribution >= 0.6 is 11.3 Å². The Kier molecular flexibility index (Phi) is 1.19. The summed E-state index contributed by atoms with van der Waals surface area (Å²) in [4.78, 5) is 15.9. The number of nitrogens with zero attached hydrogens (tertiary/aromatic N) is 2. The summed E-state index contributed by atoms with van der Waals surface area (Å²) in [5.74, 6) is 5.29. The molecule has 0 aromatic carbocycles. The van der Waals surface area contributed by atoms with Crippen LogP contribution in [0.5, 0.6) is 0 Å². The molecule has 2 heterocycles. The fraction of sp³-hybridized carbons (Fsp3) is 0. The summed E-state index contributed by atoms with van der Waals surface area (Å²) < 4.78 is 0.981. The predicted molar refractivity (Wildman–Crippen MR) is 44.0 cm³/mol.